The molecule has 0 saturated carbocycles. The predicted octanol–water partition coefficient (Wildman–Crippen LogP) is 3.14. The molecule has 0 radical (unpaired) electrons. The highest BCUT2D eigenvalue weighted by atomic mass is 32.1. The van der Waals surface area contributed by atoms with E-state index in [4.69, 9.17) is 4.52 Å². The van der Waals surface area contributed by atoms with Crippen molar-refractivity contribution >= 4 is 28.1 Å². The average Bonchev–Trinajstić information content (AvgIpc) is 3.36. The van der Waals surface area contributed by atoms with Crippen molar-refractivity contribution in [2.75, 3.05) is 0 Å². The molecule has 0 bridgehead atoms. The van der Waals surface area contributed by atoms with E-state index >= 15 is 0 Å². The summed E-state index contributed by atoms with van der Waals surface area (Å²) in [6.07, 6.45) is 2.61. The SMILES string of the molecule is Cn1ccc2ccc(C(=O)NCc3nc(Cc4cccs4)no3)cc21. The molecule has 0 unspecified atom stereocenters. The van der Waals surface area contributed by atoms with Crippen LogP contribution < -0.4 is 5.32 Å². The second-order valence-electron chi connectivity index (χ2n) is 5.74. The van der Waals surface area contributed by atoms with E-state index in [0.717, 1.165) is 10.9 Å². The van der Waals surface area contributed by atoms with Gasteiger partial charge >= 0.3 is 0 Å². The smallest absolute Gasteiger partial charge is 0.251 e. The molecule has 25 heavy (non-hydrogen) atoms. The molecule has 3 aromatic heterocycles. The molecule has 0 aliphatic rings. The number of aryl methyl sites for hydroxylation is 1. The summed E-state index contributed by atoms with van der Waals surface area (Å²) in [5.74, 6) is 0.859. The first-order valence-electron chi connectivity index (χ1n) is 7.86. The number of carbonyl (C=O) groups excluding carboxylic acids is 1. The third-order valence-electron chi connectivity index (χ3n) is 3.97. The van der Waals surface area contributed by atoms with Crippen molar-refractivity contribution in [1.82, 2.24) is 20.0 Å². The first-order chi connectivity index (χ1) is 12.2. The molecule has 0 aliphatic carbocycles. The third-order valence-corrected chi connectivity index (χ3v) is 4.85. The van der Waals surface area contributed by atoms with Crippen LogP contribution in [-0.2, 0) is 20.0 Å². The van der Waals surface area contributed by atoms with E-state index in [-0.39, 0.29) is 12.5 Å². The zero-order valence-corrected chi connectivity index (χ0v) is 14.4. The fraction of sp³-hybridized carbons (Fsp3) is 0.167. The molecule has 7 heteroatoms. The number of benzene rings is 1. The molecule has 0 aliphatic heterocycles. The quantitative estimate of drug-likeness (QED) is 0.599. The molecule has 126 valence electrons. The minimum atomic E-state index is -0.166. The Bertz CT molecular complexity index is 1020. The Kier molecular flexibility index (Phi) is 4.07. The second kappa shape index (κ2) is 6.52. The largest absolute Gasteiger partial charge is 0.351 e. The van der Waals surface area contributed by atoms with Crippen molar-refractivity contribution in [2.24, 2.45) is 7.05 Å². The van der Waals surface area contributed by atoms with Gasteiger partial charge in [-0.05, 0) is 35.0 Å². The summed E-state index contributed by atoms with van der Waals surface area (Å²) in [7, 11) is 1.96. The number of nitrogens with zero attached hydrogens (tertiary/aromatic N) is 3. The molecule has 0 atom stereocenters. The number of nitrogens with one attached hydrogen (secondary N) is 1. The highest BCUT2D eigenvalue weighted by Gasteiger charge is 2.11. The Balaban J connectivity index is 1.41. The number of thiophene rings is 1. The molecule has 4 aromatic rings. The van der Waals surface area contributed by atoms with Crippen LogP contribution in [0.15, 0.2) is 52.5 Å². The topological polar surface area (TPSA) is 73.0 Å². The number of aromatic nitrogens is 3. The monoisotopic (exact) mass is 352 g/mol. The van der Waals surface area contributed by atoms with Gasteiger partial charge in [0.1, 0.15) is 0 Å². The summed E-state index contributed by atoms with van der Waals surface area (Å²) in [6.45, 7) is 0.210. The van der Waals surface area contributed by atoms with Crippen LogP contribution in [0.5, 0.6) is 0 Å². The van der Waals surface area contributed by atoms with E-state index < -0.39 is 0 Å². The first-order valence-corrected chi connectivity index (χ1v) is 8.74. The number of fused-ring (bicyclic) bond motifs is 1. The van der Waals surface area contributed by atoms with Gasteiger partial charge in [0.15, 0.2) is 5.82 Å². The van der Waals surface area contributed by atoms with Crippen LogP contribution in [0.4, 0.5) is 0 Å². The third kappa shape index (κ3) is 3.32. The van der Waals surface area contributed by atoms with Crippen molar-refractivity contribution in [2.45, 2.75) is 13.0 Å². The molecule has 4 rings (SSSR count). The lowest BCUT2D eigenvalue weighted by molar-refractivity contribution is 0.0946. The Labute approximate surface area is 148 Å². The first kappa shape index (κ1) is 15.6. The van der Waals surface area contributed by atoms with Gasteiger partial charge in [0.25, 0.3) is 5.91 Å². The summed E-state index contributed by atoms with van der Waals surface area (Å²) in [5, 5.41) is 9.89. The molecular formula is C18H16N4O2S. The summed E-state index contributed by atoms with van der Waals surface area (Å²) in [5.41, 5.74) is 1.62. The van der Waals surface area contributed by atoms with Gasteiger partial charge in [-0.1, -0.05) is 17.3 Å². The normalized spacial score (nSPS) is 11.1. The van der Waals surface area contributed by atoms with E-state index in [2.05, 4.69) is 15.5 Å². The average molecular weight is 352 g/mol. The number of hydrogen-bond acceptors (Lipinski definition) is 5. The Morgan fingerprint density at radius 3 is 3.08 bits per heavy atom. The van der Waals surface area contributed by atoms with Crippen LogP contribution in [-0.4, -0.2) is 20.6 Å². The molecule has 1 amide bonds. The Hall–Kier alpha value is -2.93. The van der Waals surface area contributed by atoms with Crippen molar-refractivity contribution in [3.8, 4) is 0 Å². The molecule has 0 spiro atoms. The Morgan fingerprint density at radius 2 is 2.24 bits per heavy atom. The lowest BCUT2D eigenvalue weighted by Gasteiger charge is -2.04. The minimum Gasteiger partial charge on any atom is -0.351 e. The molecule has 0 fully saturated rings. The highest BCUT2D eigenvalue weighted by molar-refractivity contribution is 7.09. The maximum absolute atomic E-state index is 12.3. The summed E-state index contributed by atoms with van der Waals surface area (Å²) >= 11 is 1.65. The molecule has 6 nitrogen and oxygen atoms in total. The number of rotatable bonds is 5. The molecule has 1 N–H and O–H groups in total. The second-order valence-corrected chi connectivity index (χ2v) is 6.78. The zero-order chi connectivity index (χ0) is 17.2. The van der Waals surface area contributed by atoms with Gasteiger partial charge in [0, 0.05) is 35.6 Å². The van der Waals surface area contributed by atoms with Crippen LogP contribution in [0.25, 0.3) is 10.9 Å². The van der Waals surface area contributed by atoms with E-state index in [1.165, 1.54) is 4.88 Å². The van der Waals surface area contributed by atoms with Gasteiger partial charge < -0.3 is 14.4 Å². The van der Waals surface area contributed by atoms with Crippen LogP contribution in [0.3, 0.4) is 0 Å². The van der Waals surface area contributed by atoms with Gasteiger partial charge in [0.2, 0.25) is 5.89 Å². The van der Waals surface area contributed by atoms with Crippen molar-refractivity contribution < 1.29 is 9.32 Å². The maximum atomic E-state index is 12.3. The fourth-order valence-corrected chi connectivity index (χ4v) is 3.37. The number of hydrogen-bond donors (Lipinski definition) is 1. The van der Waals surface area contributed by atoms with Crippen LogP contribution in [0.2, 0.25) is 0 Å². The van der Waals surface area contributed by atoms with E-state index in [0.29, 0.717) is 23.7 Å². The van der Waals surface area contributed by atoms with Crippen molar-refractivity contribution in [1.29, 1.82) is 0 Å². The maximum Gasteiger partial charge on any atom is 0.251 e. The standard InChI is InChI=1S/C18H16N4O2S/c1-22-7-6-12-4-5-13(9-15(12)22)18(23)19-11-17-20-16(21-24-17)10-14-3-2-8-25-14/h2-9H,10-11H2,1H3,(H,19,23). The summed E-state index contributed by atoms with van der Waals surface area (Å²) in [6, 6.07) is 11.7. The van der Waals surface area contributed by atoms with Gasteiger partial charge in [0.05, 0.1) is 6.54 Å². The van der Waals surface area contributed by atoms with Gasteiger partial charge in [-0.3, -0.25) is 4.79 Å². The van der Waals surface area contributed by atoms with Crippen LogP contribution >= 0.6 is 11.3 Å². The van der Waals surface area contributed by atoms with Crippen molar-refractivity contribution in [3.05, 3.63) is 70.1 Å². The van der Waals surface area contributed by atoms with E-state index in [1.807, 2.05) is 59.6 Å². The van der Waals surface area contributed by atoms with Crippen LogP contribution in [0.1, 0.15) is 27.0 Å². The minimum absolute atomic E-state index is 0.166. The summed E-state index contributed by atoms with van der Waals surface area (Å²) < 4.78 is 7.19. The lowest BCUT2D eigenvalue weighted by Crippen LogP contribution is -2.23. The van der Waals surface area contributed by atoms with Crippen LogP contribution in [0, 0.1) is 0 Å². The molecule has 1 aromatic carbocycles. The van der Waals surface area contributed by atoms with Gasteiger partial charge in [-0.25, -0.2) is 0 Å². The Morgan fingerprint density at radius 1 is 1.32 bits per heavy atom. The fourth-order valence-electron chi connectivity index (χ4n) is 2.66. The molecule has 3 heterocycles. The van der Waals surface area contributed by atoms with Crippen molar-refractivity contribution in [3.63, 3.8) is 0 Å². The zero-order valence-electron chi connectivity index (χ0n) is 13.6. The van der Waals surface area contributed by atoms with Gasteiger partial charge in [-0.2, -0.15) is 4.98 Å². The molecular weight excluding hydrogens is 336 g/mol. The predicted molar refractivity (Wildman–Crippen MR) is 95.5 cm³/mol. The number of carbonyl (C=O) groups is 1. The lowest BCUT2D eigenvalue weighted by atomic mass is 10.1. The number of amides is 1. The highest BCUT2D eigenvalue weighted by Crippen LogP contribution is 2.17. The van der Waals surface area contributed by atoms with E-state index in [1.54, 1.807) is 11.3 Å². The van der Waals surface area contributed by atoms with Gasteiger partial charge in [-0.15, -0.1) is 11.3 Å². The summed E-state index contributed by atoms with van der Waals surface area (Å²) in [4.78, 5) is 17.8. The molecule has 0 saturated heterocycles. The van der Waals surface area contributed by atoms with E-state index in [9.17, 15) is 4.79 Å².